The topological polar surface area (TPSA) is 93.4 Å². The fraction of sp³-hybridized carbons (Fsp3) is 0.545. The number of nitrogens with two attached hydrogens (primary N) is 1. The van der Waals surface area contributed by atoms with Crippen molar-refractivity contribution in [1.29, 1.82) is 0 Å². The highest BCUT2D eigenvalue weighted by atomic mass is 16.5. The molecule has 0 aromatic carbocycles. The van der Waals surface area contributed by atoms with Crippen molar-refractivity contribution in [3.63, 3.8) is 0 Å². The number of anilines is 1. The number of nitrogen functional groups attached to an aromatic ring is 1. The van der Waals surface area contributed by atoms with Gasteiger partial charge in [-0.25, -0.2) is 10.8 Å². The van der Waals surface area contributed by atoms with Gasteiger partial charge in [0.15, 0.2) is 5.82 Å². The lowest BCUT2D eigenvalue weighted by molar-refractivity contribution is 0.0582. The zero-order chi connectivity index (χ0) is 13.0. The van der Waals surface area contributed by atoms with Gasteiger partial charge < -0.3 is 15.1 Å². The zero-order valence-corrected chi connectivity index (χ0v) is 10.3. The first-order valence-electron chi connectivity index (χ1n) is 5.86. The van der Waals surface area contributed by atoms with E-state index in [-0.39, 0.29) is 17.7 Å². The molecular weight excluding hydrogens is 234 g/mol. The summed E-state index contributed by atoms with van der Waals surface area (Å²) in [5.41, 5.74) is 2.63. The van der Waals surface area contributed by atoms with Crippen molar-refractivity contribution in [3.8, 4) is 0 Å². The van der Waals surface area contributed by atoms with E-state index in [2.05, 4.69) is 15.4 Å². The van der Waals surface area contributed by atoms with Gasteiger partial charge in [0.05, 0.1) is 18.5 Å². The molecule has 0 aliphatic carbocycles. The third-order valence-electron chi connectivity index (χ3n) is 2.85. The molecule has 2 heterocycles. The maximum atomic E-state index is 12.1. The molecule has 2 rings (SSSR count). The van der Waals surface area contributed by atoms with Crippen LogP contribution in [0.4, 0.5) is 5.82 Å². The van der Waals surface area contributed by atoms with Gasteiger partial charge in [-0.1, -0.05) is 0 Å². The Bertz CT molecular complexity index is 420. The Morgan fingerprint density at radius 1 is 1.67 bits per heavy atom. The van der Waals surface area contributed by atoms with E-state index >= 15 is 0 Å². The molecule has 1 aliphatic rings. The number of amides is 1. The number of hydrogen-bond acceptors (Lipinski definition) is 6. The molecule has 7 nitrogen and oxygen atoms in total. The quantitative estimate of drug-likeness (QED) is 0.578. The lowest BCUT2D eigenvalue weighted by Crippen LogP contribution is -2.34. The van der Waals surface area contributed by atoms with Gasteiger partial charge in [-0.15, -0.1) is 0 Å². The fourth-order valence-corrected chi connectivity index (χ4v) is 1.91. The van der Waals surface area contributed by atoms with Crippen LogP contribution in [-0.2, 0) is 4.74 Å². The van der Waals surface area contributed by atoms with E-state index in [0.717, 1.165) is 19.4 Å². The van der Waals surface area contributed by atoms with Gasteiger partial charge in [0.1, 0.15) is 5.69 Å². The highest BCUT2D eigenvalue weighted by Crippen LogP contribution is 2.13. The second kappa shape index (κ2) is 5.74. The SMILES string of the molecule is CN(CC1CCCO1)C(=O)c1cncc(NN)n1. The highest BCUT2D eigenvalue weighted by Gasteiger charge is 2.21. The molecule has 0 spiro atoms. The van der Waals surface area contributed by atoms with E-state index in [4.69, 9.17) is 10.6 Å². The number of aromatic nitrogens is 2. The van der Waals surface area contributed by atoms with Crippen LogP contribution in [0, 0.1) is 0 Å². The summed E-state index contributed by atoms with van der Waals surface area (Å²) in [4.78, 5) is 21.7. The second-order valence-corrected chi connectivity index (χ2v) is 4.25. The Morgan fingerprint density at radius 3 is 3.17 bits per heavy atom. The molecule has 3 N–H and O–H groups in total. The molecular formula is C11H17N5O2. The minimum Gasteiger partial charge on any atom is -0.376 e. The number of nitrogens with one attached hydrogen (secondary N) is 1. The summed E-state index contributed by atoms with van der Waals surface area (Å²) in [6, 6.07) is 0. The van der Waals surface area contributed by atoms with Crippen molar-refractivity contribution >= 4 is 11.7 Å². The van der Waals surface area contributed by atoms with E-state index in [9.17, 15) is 4.79 Å². The molecule has 18 heavy (non-hydrogen) atoms. The molecule has 1 atom stereocenters. The number of nitrogens with zero attached hydrogens (tertiary/aromatic N) is 3. The molecule has 1 aromatic rings. The number of hydrazine groups is 1. The molecule has 1 amide bonds. The average molecular weight is 251 g/mol. The predicted molar refractivity (Wildman–Crippen MR) is 65.8 cm³/mol. The molecule has 98 valence electrons. The molecule has 0 bridgehead atoms. The summed E-state index contributed by atoms with van der Waals surface area (Å²) in [5, 5.41) is 0. The monoisotopic (exact) mass is 251 g/mol. The average Bonchev–Trinajstić information content (AvgIpc) is 2.90. The van der Waals surface area contributed by atoms with Crippen molar-refractivity contribution in [1.82, 2.24) is 14.9 Å². The van der Waals surface area contributed by atoms with Crippen LogP contribution < -0.4 is 11.3 Å². The number of likely N-dealkylation sites (N-methyl/N-ethyl adjacent to an activating group) is 1. The molecule has 1 unspecified atom stereocenters. The summed E-state index contributed by atoms with van der Waals surface area (Å²) >= 11 is 0. The Labute approximate surface area is 105 Å². The number of carbonyl (C=O) groups excluding carboxylic acids is 1. The summed E-state index contributed by atoms with van der Waals surface area (Å²) in [6.07, 6.45) is 5.06. The van der Waals surface area contributed by atoms with Crippen LogP contribution in [0.15, 0.2) is 12.4 Å². The third-order valence-corrected chi connectivity index (χ3v) is 2.85. The maximum absolute atomic E-state index is 12.1. The lowest BCUT2D eigenvalue weighted by atomic mass is 10.2. The Kier molecular flexibility index (Phi) is 4.06. The largest absolute Gasteiger partial charge is 0.376 e. The van der Waals surface area contributed by atoms with E-state index in [1.807, 2.05) is 0 Å². The van der Waals surface area contributed by atoms with E-state index in [1.165, 1.54) is 12.4 Å². The first kappa shape index (κ1) is 12.7. The van der Waals surface area contributed by atoms with Gasteiger partial charge in [-0.05, 0) is 12.8 Å². The molecule has 1 aromatic heterocycles. The molecule has 1 aliphatic heterocycles. The maximum Gasteiger partial charge on any atom is 0.273 e. The van der Waals surface area contributed by atoms with Gasteiger partial charge in [-0.3, -0.25) is 9.78 Å². The Balaban J connectivity index is 2.00. The van der Waals surface area contributed by atoms with E-state index in [1.54, 1.807) is 11.9 Å². The van der Waals surface area contributed by atoms with Gasteiger partial charge in [0, 0.05) is 20.2 Å². The van der Waals surface area contributed by atoms with E-state index < -0.39 is 0 Å². The van der Waals surface area contributed by atoms with Gasteiger partial charge in [-0.2, -0.15) is 0 Å². The Morgan fingerprint density at radius 2 is 2.50 bits per heavy atom. The minimum atomic E-state index is -0.185. The first-order chi connectivity index (χ1) is 8.70. The van der Waals surface area contributed by atoms with Crippen molar-refractivity contribution < 1.29 is 9.53 Å². The fourth-order valence-electron chi connectivity index (χ4n) is 1.91. The predicted octanol–water partition coefficient (Wildman–Crippen LogP) is 0.0132. The lowest BCUT2D eigenvalue weighted by Gasteiger charge is -2.20. The number of carbonyl (C=O) groups is 1. The molecule has 1 saturated heterocycles. The zero-order valence-electron chi connectivity index (χ0n) is 10.3. The molecule has 7 heteroatoms. The van der Waals surface area contributed by atoms with Crippen molar-refractivity contribution in [2.75, 3.05) is 25.6 Å². The molecule has 0 saturated carbocycles. The standard InChI is InChI=1S/C11H17N5O2/c1-16(7-8-3-2-4-18-8)11(17)9-5-13-6-10(14-9)15-12/h5-6,8H,2-4,7,12H2,1H3,(H,14,15). The number of rotatable bonds is 4. The number of hydrogen-bond donors (Lipinski definition) is 2. The van der Waals surface area contributed by atoms with Crippen molar-refractivity contribution in [2.45, 2.75) is 18.9 Å². The van der Waals surface area contributed by atoms with Crippen LogP contribution in [0.25, 0.3) is 0 Å². The van der Waals surface area contributed by atoms with Crippen molar-refractivity contribution in [3.05, 3.63) is 18.1 Å². The van der Waals surface area contributed by atoms with E-state index in [0.29, 0.717) is 12.4 Å². The van der Waals surface area contributed by atoms with Crippen LogP contribution in [0.2, 0.25) is 0 Å². The summed E-state index contributed by atoms with van der Waals surface area (Å²) in [7, 11) is 1.73. The van der Waals surface area contributed by atoms with Gasteiger partial charge >= 0.3 is 0 Å². The first-order valence-corrected chi connectivity index (χ1v) is 5.86. The van der Waals surface area contributed by atoms with Crippen LogP contribution in [0.1, 0.15) is 23.3 Å². The molecule has 0 radical (unpaired) electrons. The van der Waals surface area contributed by atoms with Crippen LogP contribution in [-0.4, -0.2) is 47.1 Å². The Hall–Kier alpha value is -1.73. The van der Waals surface area contributed by atoms with Crippen LogP contribution >= 0.6 is 0 Å². The number of ether oxygens (including phenoxy) is 1. The molecule has 1 fully saturated rings. The van der Waals surface area contributed by atoms with Crippen LogP contribution in [0.5, 0.6) is 0 Å². The summed E-state index contributed by atoms with van der Waals surface area (Å²) in [6.45, 7) is 1.35. The normalized spacial score (nSPS) is 18.7. The van der Waals surface area contributed by atoms with Gasteiger partial charge in [0.25, 0.3) is 5.91 Å². The second-order valence-electron chi connectivity index (χ2n) is 4.25. The van der Waals surface area contributed by atoms with Gasteiger partial charge in [0.2, 0.25) is 0 Å². The third kappa shape index (κ3) is 2.93. The summed E-state index contributed by atoms with van der Waals surface area (Å²) in [5.74, 6) is 5.41. The van der Waals surface area contributed by atoms with Crippen LogP contribution in [0.3, 0.4) is 0 Å². The smallest absolute Gasteiger partial charge is 0.273 e. The van der Waals surface area contributed by atoms with Crippen molar-refractivity contribution in [2.24, 2.45) is 5.84 Å². The minimum absolute atomic E-state index is 0.128. The summed E-state index contributed by atoms with van der Waals surface area (Å²) < 4.78 is 5.49. The highest BCUT2D eigenvalue weighted by molar-refractivity contribution is 5.92.